The number of benzene rings is 3. The van der Waals surface area contributed by atoms with Gasteiger partial charge in [-0.2, -0.15) is 0 Å². The molecule has 1 heterocycles. The van der Waals surface area contributed by atoms with E-state index in [4.69, 9.17) is 4.98 Å². The van der Waals surface area contributed by atoms with Crippen molar-refractivity contribution in [3.05, 3.63) is 101 Å². The van der Waals surface area contributed by atoms with E-state index in [2.05, 4.69) is 93.7 Å². The van der Waals surface area contributed by atoms with Gasteiger partial charge in [-0.05, 0) is 66.2 Å². The Bertz CT molecular complexity index is 1690. The molecule has 1 N–H and O–H groups in total. The molecule has 1 aliphatic carbocycles. The number of allylic oxidation sites excluding steroid dienone is 2. The molecule has 0 saturated carbocycles. The van der Waals surface area contributed by atoms with Crippen LogP contribution in [-0.2, 0) is 43.2 Å². The van der Waals surface area contributed by atoms with Crippen LogP contribution in [0.1, 0.15) is 105 Å². The van der Waals surface area contributed by atoms with Crippen LogP contribution in [0.5, 0.6) is 0 Å². The molecule has 0 saturated heterocycles. The Balaban J connectivity index is 0.000000280. The quantitative estimate of drug-likeness (QED) is 0.110. The standard InChI is InChI=1S/C27H24N.C15H28O2.Ir/c1-27(2,3)25-15-21(14-19-9-5-7-11-23(19)25)26-16-24-20(17-28-26)13-12-18-8-4-6-10-22(18)24;1-7-14(5,8-2)12(16)11-13(17)15(6,9-3)10-4;/h4-11,15-17H,12-13H2,1-3H3;11,16H,7-10H2,1-6H3;/q-1;;/b;12-11-;. The first kappa shape index (κ1) is 37.4. The number of hydrogen-bond donors (Lipinski definition) is 1. The molecule has 247 valence electrons. The third-order valence-electron chi connectivity index (χ3n) is 10.4. The van der Waals surface area contributed by atoms with Gasteiger partial charge >= 0.3 is 0 Å². The first-order valence-corrected chi connectivity index (χ1v) is 16.8. The largest absolute Gasteiger partial charge is 0.512 e. The van der Waals surface area contributed by atoms with E-state index in [-0.39, 0.29) is 47.9 Å². The van der Waals surface area contributed by atoms with Gasteiger partial charge in [0.2, 0.25) is 0 Å². The number of carbonyl (C=O) groups excluding carboxylic acids is 1. The fourth-order valence-electron chi connectivity index (χ4n) is 6.02. The molecule has 1 radical (unpaired) electrons. The van der Waals surface area contributed by atoms with Gasteiger partial charge in [0.25, 0.3) is 0 Å². The summed E-state index contributed by atoms with van der Waals surface area (Å²) in [6.45, 7) is 18.9. The van der Waals surface area contributed by atoms with Crippen molar-refractivity contribution in [1.82, 2.24) is 4.98 Å². The number of fused-ring (bicyclic) bond motifs is 4. The summed E-state index contributed by atoms with van der Waals surface area (Å²) in [5.74, 6) is 0.286. The molecule has 4 heteroatoms. The van der Waals surface area contributed by atoms with Gasteiger partial charge in [0, 0.05) is 48.9 Å². The Labute approximate surface area is 291 Å². The Kier molecular flexibility index (Phi) is 12.4. The maximum absolute atomic E-state index is 12.2. The molecular formula is C42H52IrNO2-. The Morgan fingerprint density at radius 3 is 2.02 bits per heavy atom. The number of pyridine rings is 1. The maximum Gasteiger partial charge on any atom is 0.164 e. The second kappa shape index (κ2) is 15.2. The summed E-state index contributed by atoms with van der Waals surface area (Å²) in [5.41, 5.74) is 8.34. The van der Waals surface area contributed by atoms with Crippen LogP contribution in [0.2, 0.25) is 0 Å². The van der Waals surface area contributed by atoms with E-state index < -0.39 is 0 Å². The van der Waals surface area contributed by atoms with Crippen LogP contribution in [0.3, 0.4) is 0 Å². The van der Waals surface area contributed by atoms with Crippen molar-refractivity contribution in [3.8, 4) is 22.4 Å². The molecule has 0 bridgehead atoms. The molecule has 0 spiro atoms. The summed E-state index contributed by atoms with van der Waals surface area (Å²) >= 11 is 0. The molecule has 0 atom stereocenters. The molecule has 0 unspecified atom stereocenters. The maximum atomic E-state index is 12.2. The molecule has 0 fully saturated rings. The van der Waals surface area contributed by atoms with Gasteiger partial charge in [0.05, 0.1) is 0 Å². The van der Waals surface area contributed by atoms with Crippen molar-refractivity contribution >= 4 is 16.6 Å². The van der Waals surface area contributed by atoms with Gasteiger partial charge < -0.3 is 5.11 Å². The third kappa shape index (κ3) is 7.89. The number of aryl methyl sites for hydroxylation is 2. The summed E-state index contributed by atoms with van der Waals surface area (Å²) < 4.78 is 0. The van der Waals surface area contributed by atoms with Gasteiger partial charge in [0.1, 0.15) is 5.76 Å². The first-order chi connectivity index (χ1) is 21.3. The number of aromatic nitrogens is 1. The molecule has 46 heavy (non-hydrogen) atoms. The average Bonchev–Trinajstić information content (AvgIpc) is 3.06. The zero-order valence-corrected chi connectivity index (χ0v) is 31.7. The summed E-state index contributed by atoms with van der Waals surface area (Å²) in [7, 11) is 0. The number of hydrogen-bond acceptors (Lipinski definition) is 3. The van der Waals surface area contributed by atoms with Crippen LogP contribution in [0.4, 0.5) is 0 Å². The third-order valence-corrected chi connectivity index (χ3v) is 10.4. The fraction of sp³-hybridized carbons (Fsp3) is 0.429. The van der Waals surface area contributed by atoms with Gasteiger partial charge in [-0.1, -0.05) is 122 Å². The van der Waals surface area contributed by atoms with E-state index in [1.165, 1.54) is 39.3 Å². The van der Waals surface area contributed by atoms with Crippen molar-refractivity contribution in [2.75, 3.05) is 0 Å². The van der Waals surface area contributed by atoms with Crippen LogP contribution in [0, 0.1) is 16.9 Å². The minimum Gasteiger partial charge on any atom is -0.512 e. The van der Waals surface area contributed by atoms with Crippen molar-refractivity contribution in [1.29, 1.82) is 0 Å². The molecule has 1 aliphatic rings. The average molecular weight is 795 g/mol. The van der Waals surface area contributed by atoms with E-state index >= 15 is 0 Å². The molecule has 0 aliphatic heterocycles. The van der Waals surface area contributed by atoms with E-state index in [0.717, 1.165) is 55.2 Å². The second-order valence-electron chi connectivity index (χ2n) is 14.2. The van der Waals surface area contributed by atoms with Crippen LogP contribution >= 0.6 is 0 Å². The molecule has 5 rings (SSSR count). The molecule has 3 nitrogen and oxygen atoms in total. The monoisotopic (exact) mass is 795 g/mol. The van der Waals surface area contributed by atoms with Crippen molar-refractivity contribution in [3.63, 3.8) is 0 Å². The number of rotatable bonds is 8. The Morgan fingerprint density at radius 1 is 0.804 bits per heavy atom. The number of aliphatic hydroxyl groups is 1. The van der Waals surface area contributed by atoms with Gasteiger partial charge in [0.15, 0.2) is 5.78 Å². The molecule has 0 amide bonds. The SMILES string of the molecule is CC(C)(C)c1cc(-c2cc3c(cn2)CCc2ccccc2-3)[c-]c2ccccc12.CCC(C)(CC)C(=O)/C=C(\O)C(C)(CC)CC.[Ir]. The van der Waals surface area contributed by atoms with Crippen molar-refractivity contribution < 1.29 is 30.0 Å². The minimum absolute atomic E-state index is 0. The van der Waals surface area contributed by atoms with Crippen LogP contribution < -0.4 is 0 Å². The normalized spacial score (nSPS) is 13.2. The van der Waals surface area contributed by atoms with Gasteiger partial charge in [-0.3, -0.25) is 9.78 Å². The minimum atomic E-state index is -0.337. The number of carbonyl (C=O) groups is 1. The van der Waals surface area contributed by atoms with Crippen LogP contribution in [-0.4, -0.2) is 15.9 Å². The summed E-state index contributed by atoms with van der Waals surface area (Å²) in [5, 5.41) is 12.6. The molecule has 4 aromatic rings. The van der Waals surface area contributed by atoms with Gasteiger partial charge in [-0.15, -0.1) is 29.1 Å². The van der Waals surface area contributed by atoms with Crippen molar-refractivity contribution in [2.24, 2.45) is 10.8 Å². The van der Waals surface area contributed by atoms with Crippen LogP contribution in [0.15, 0.2) is 78.7 Å². The predicted octanol–water partition coefficient (Wildman–Crippen LogP) is 11.4. The smallest absolute Gasteiger partial charge is 0.164 e. The van der Waals surface area contributed by atoms with Crippen molar-refractivity contribution in [2.45, 2.75) is 106 Å². The predicted molar refractivity (Wildman–Crippen MR) is 191 cm³/mol. The van der Waals surface area contributed by atoms with Crippen LogP contribution in [0.25, 0.3) is 33.2 Å². The van der Waals surface area contributed by atoms with Gasteiger partial charge in [-0.25, -0.2) is 0 Å². The Morgan fingerprint density at radius 2 is 1.39 bits per heavy atom. The number of aliphatic hydroxyl groups excluding tert-OH is 1. The number of ketones is 1. The second-order valence-corrected chi connectivity index (χ2v) is 14.2. The summed E-state index contributed by atoms with van der Waals surface area (Å²) in [4.78, 5) is 17.0. The molecule has 1 aromatic heterocycles. The molecular weight excluding hydrogens is 743 g/mol. The van der Waals surface area contributed by atoms with E-state index in [1.807, 2.05) is 41.5 Å². The summed E-state index contributed by atoms with van der Waals surface area (Å²) in [6, 6.07) is 25.5. The molecule has 3 aromatic carbocycles. The first-order valence-electron chi connectivity index (χ1n) is 16.8. The summed E-state index contributed by atoms with van der Waals surface area (Å²) in [6.07, 6.45) is 8.99. The van der Waals surface area contributed by atoms with E-state index in [9.17, 15) is 9.90 Å². The van der Waals surface area contributed by atoms with E-state index in [0.29, 0.717) is 0 Å². The zero-order valence-electron chi connectivity index (χ0n) is 29.3. The number of nitrogens with zero attached hydrogens (tertiary/aromatic N) is 1. The fourth-order valence-corrected chi connectivity index (χ4v) is 6.02. The van der Waals surface area contributed by atoms with E-state index in [1.54, 1.807) is 0 Å². The topological polar surface area (TPSA) is 50.2 Å². The zero-order chi connectivity index (χ0) is 33.0. The Hall–Kier alpha value is -3.07.